The Morgan fingerprint density at radius 2 is 2.04 bits per heavy atom. The maximum Gasteiger partial charge on any atom is 0.233 e. The number of amides is 1. The van der Waals surface area contributed by atoms with Gasteiger partial charge in [0.1, 0.15) is 0 Å². The molecule has 0 radical (unpaired) electrons. The van der Waals surface area contributed by atoms with Crippen LogP contribution >= 0.6 is 23.1 Å². The number of carbonyl (C=O) groups excluding carboxylic acids is 1. The molecule has 0 saturated carbocycles. The molecule has 5 nitrogen and oxygen atoms in total. The van der Waals surface area contributed by atoms with E-state index in [4.69, 9.17) is 0 Å². The minimum atomic E-state index is 0.0862. The maximum absolute atomic E-state index is 12.4. The molecule has 0 N–H and O–H groups in total. The second-order valence-electron chi connectivity index (χ2n) is 5.59. The number of hydrogen-bond acceptors (Lipinski definition) is 5. The number of thiophene rings is 1. The molecule has 1 aromatic carbocycles. The Hall–Kier alpha value is -2.12. The van der Waals surface area contributed by atoms with Crippen molar-refractivity contribution in [2.45, 2.75) is 25.2 Å². The van der Waals surface area contributed by atoms with Crippen LogP contribution in [0.3, 0.4) is 0 Å². The fourth-order valence-corrected chi connectivity index (χ4v) is 4.07. The molecule has 2 heterocycles. The molecule has 1 amide bonds. The van der Waals surface area contributed by atoms with Crippen molar-refractivity contribution in [1.82, 2.24) is 19.7 Å². The minimum Gasteiger partial charge on any atom is -0.341 e. The van der Waals surface area contributed by atoms with Crippen molar-refractivity contribution in [1.29, 1.82) is 0 Å². The van der Waals surface area contributed by atoms with Gasteiger partial charge in [0.15, 0.2) is 11.0 Å². The molecule has 0 bridgehead atoms. The first-order valence-corrected chi connectivity index (χ1v) is 9.98. The zero-order valence-electron chi connectivity index (χ0n) is 14.3. The van der Waals surface area contributed by atoms with E-state index in [1.165, 1.54) is 11.8 Å². The van der Waals surface area contributed by atoms with Crippen molar-refractivity contribution in [3.05, 3.63) is 52.7 Å². The van der Waals surface area contributed by atoms with Gasteiger partial charge in [-0.15, -0.1) is 10.2 Å². The number of nitrogens with zero attached hydrogens (tertiary/aromatic N) is 4. The third-order valence-electron chi connectivity index (χ3n) is 3.82. The Morgan fingerprint density at radius 1 is 1.24 bits per heavy atom. The largest absolute Gasteiger partial charge is 0.341 e. The summed E-state index contributed by atoms with van der Waals surface area (Å²) in [6, 6.07) is 12.0. The van der Waals surface area contributed by atoms with E-state index in [-0.39, 0.29) is 5.91 Å². The van der Waals surface area contributed by atoms with E-state index in [0.29, 0.717) is 12.3 Å². The van der Waals surface area contributed by atoms with Gasteiger partial charge < -0.3 is 9.47 Å². The predicted molar refractivity (Wildman–Crippen MR) is 103 cm³/mol. The summed E-state index contributed by atoms with van der Waals surface area (Å²) < 4.78 is 2.05. The molecular weight excluding hydrogens is 352 g/mol. The molecular formula is C18H20N4OS2. The molecule has 130 valence electrons. The highest BCUT2D eigenvalue weighted by molar-refractivity contribution is 7.99. The standard InChI is InChI=1S/C18H20N4OS2/c1-3-22-17(15-7-5-4-6-8-15)19-20-18(22)25-13-16(23)21(2)11-14-9-10-24-12-14/h4-10,12H,3,11,13H2,1-2H3. The summed E-state index contributed by atoms with van der Waals surface area (Å²) in [4.78, 5) is 14.1. The summed E-state index contributed by atoms with van der Waals surface area (Å²) in [7, 11) is 1.83. The lowest BCUT2D eigenvalue weighted by Gasteiger charge is -2.16. The van der Waals surface area contributed by atoms with Gasteiger partial charge in [0.2, 0.25) is 5.91 Å². The van der Waals surface area contributed by atoms with Crippen molar-refractivity contribution >= 4 is 29.0 Å². The molecule has 0 saturated heterocycles. The van der Waals surface area contributed by atoms with Gasteiger partial charge in [0.05, 0.1) is 5.75 Å². The highest BCUT2D eigenvalue weighted by Crippen LogP contribution is 2.24. The lowest BCUT2D eigenvalue weighted by Crippen LogP contribution is -2.27. The lowest BCUT2D eigenvalue weighted by atomic mass is 10.2. The number of carbonyl (C=O) groups is 1. The summed E-state index contributed by atoms with van der Waals surface area (Å²) in [5.41, 5.74) is 2.19. The topological polar surface area (TPSA) is 51.0 Å². The van der Waals surface area contributed by atoms with Crippen LogP contribution in [-0.4, -0.2) is 38.4 Å². The van der Waals surface area contributed by atoms with Gasteiger partial charge in [0, 0.05) is 25.7 Å². The zero-order valence-corrected chi connectivity index (χ0v) is 15.9. The van der Waals surface area contributed by atoms with Crippen LogP contribution in [-0.2, 0) is 17.9 Å². The fourth-order valence-electron chi connectivity index (χ4n) is 2.46. The lowest BCUT2D eigenvalue weighted by molar-refractivity contribution is -0.127. The molecule has 0 atom stereocenters. The van der Waals surface area contributed by atoms with Crippen molar-refractivity contribution in [2.24, 2.45) is 0 Å². The molecule has 0 unspecified atom stereocenters. The molecule has 3 aromatic rings. The molecule has 7 heteroatoms. The highest BCUT2D eigenvalue weighted by Gasteiger charge is 2.16. The number of thioether (sulfide) groups is 1. The summed E-state index contributed by atoms with van der Waals surface area (Å²) in [6.07, 6.45) is 0. The molecule has 0 fully saturated rings. The van der Waals surface area contributed by atoms with Gasteiger partial charge >= 0.3 is 0 Å². The monoisotopic (exact) mass is 372 g/mol. The van der Waals surface area contributed by atoms with E-state index in [2.05, 4.69) is 22.5 Å². The number of aromatic nitrogens is 3. The van der Waals surface area contributed by atoms with Gasteiger partial charge in [-0.3, -0.25) is 4.79 Å². The zero-order chi connectivity index (χ0) is 17.6. The summed E-state index contributed by atoms with van der Waals surface area (Å²) in [5, 5.41) is 13.5. The predicted octanol–water partition coefficient (Wildman–Crippen LogP) is 3.78. The van der Waals surface area contributed by atoms with Crippen LogP contribution < -0.4 is 0 Å². The first-order valence-electron chi connectivity index (χ1n) is 8.05. The van der Waals surface area contributed by atoms with Gasteiger partial charge in [-0.05, 0) is 29.3 Å². The Bertz CT molecular complexity index is 815. The van der Waals surface area contributed by atoms with Gasteiger partial charge in [-0.25, -0.2) is 0 Å². The van der Waals surface area contributed by atoms with Crippen LogP contribution in [0.25, 0.3) is 11.4 Å². The molecule has 0 aliphatic carbocycles. The van der Waals surface area contributed by atoms with Crippen LogP contribution in [0.2, 0.25) is 0 Å². The Morgan fingerprint density at radius 3 is 2.72 bits per heavy atom. The van der Waals surface area contributed by atoms with E-state index < -0.39 is 0 Å². The molecule has 0 aliphatic rings. The Labute approximate surface area is 155 Å². The molecule has 2 aromatic heterocycles. The smallest absolute Gasteiger partial charge is 0.233 e. The van der Waals surface area contributed by atoms with E-state index in [1.807, 2.05) is 53.4 Å². The second kappa shape index (κ2) is 8.31. The van der Waals surface area contributed by atoms with Gasteiger partial charge in [-0.2, -0.15) is 11.3 Å². The normalized spacial score (nSPS) is 10.8. The van der Waals surface area contributed by atoms with Gasteiger partial charge in [0.25, 0.3) is 0 Å². The minimum absolute atomic E-state index is 0.0862. The third kappa shape index (κ3) is 4.29. The highest BCUT2D eigenvalue weighted by atomic mass is 32.2. The summed E-state index contributed by atoms with van der Waals surface area (Å²) in [5.74, 6) is 1.28. The summed E-state index contributed by atoms with van der Waals surface area (Å²) >= 11 is 3.08. The van der Waals surface area contributed by atoms with Crippen LogP contribution in [0.15, 0.2) is 52.3 Å². The van der Waals surface area contributed by atoms with E-state index in [9.17, 15) is 4.79 Å². The molecule has 25 heavy (non-hydrogen) atoms. The Kier molecular flexibility index (Phi) is 5.88. The van der Waals surface area contributed by atoms with Crippen LogP contribution in [0, 0.1) is 0 Å². The first-order chi connectivity index (χ1) is 12.2. The van der Waals surface area contributed by atoms with Crippen LogP contribution in [0.1, 0.15) is 12.5 Å². The van der Waals surface area contributed by atoms with E-state index in [0.717, 1.165) is 28.7 Å². The van der Waals surface area contributed by atoms with E-state index >= 15 is 0 Å². The van der Waals surface area contributed by atoms with Gasteiger partial charge in [-0.1, -0.05) is 42.1 Å². The van der Waals surface area contributed by atoms with Crippen LogP contribution in [0.5, 0.6) is 0 Å². The summed E-state index contributed by atoms with van der Waals surface area (Å²) in [6.45, 7) is 3.46. The van der Waals surface area contributed by atoms with Crippen LogP contribution in [0.4, 0.5) is 0 Å². The maximum atomic E-state index is 12.4. The number of hydrogen-bond donors (Lipinski definition) is 0. The SMILES string of the molecule is CCn1c(SCC(=O)N(C)Cc2ccsc2)nnc1-c1ccccc1. The average molecular weight is 373 g/mol. The first kappa shape index (κ1) is 17.7. The van der Waals surface area contributed by atoms with Crippen molar-refractivity contribution in [3.8, 4) is 11.4 Å². The fraction of sp³-hybridized carbons (Fsp3) is 0.278. The Balaban J connectivity index is 1.65. The molecule has 0 aliphatic heterocycles. The molecule has 0 spiro atoms. The second-order valence-corrected chi connectivity index (χ2v) is 7.31. The van der Waals surface area contributed by atoms with E-state index in [1.54, 1.807) is 16.2 Å². The van der Waals surface area contributed by atoms with Crippen molar-refractivity contribution in [3.63, 3.8) is 0 Å². The van der Waals surface area contributed by atoms with Crippen molar-refractivity contribution in [2.75, 3.05) is 12.8 Å². The third-order valence-corrected chi connectivity index (χ3v) is 5.50. The quantitative estimate of drug-likeness (QED) is 0.592. The number of rotatable bonds is 7. The molecule has 3 rings (SSSR count). The average Bonchev–Trinajstić information content (AvgIpc) is 3.29. The number of benzene rings is 1. The van der Waals surface area contributed by atoms with Crippen molar-refractivity contribution < 1.29 is 4.79 Å².